The summed E-state index contributed by atoms with van der Waals surface area (Å²) in [5, 5.41) is 0. The average molecular weight is 340 g/mol. The lowest BCUT2D eigenvalue weighted by Gasteiger charge is -2.24. The van der Waals surface area contributed by atoms with Crippen LogP contribution in [-0.2, 0) is 0 Å². The molecule has 3 heteroatoms. The zero-order valence-electron chi connectivity index (χ0n) is 16.1. The Labute approximate surface area is 153 Å². The Balaban J connectivity index is 0.00000134. The van der Waals surface area contributed by atoms with Crippen molar-refractivity contribution in [2.24, 2.45) is 5.84 Å². The van der Waals surface area contributed by atoms with Crippen molar-refractivity contribution in [2.45, 2.75) is 25.8 Å². The molecular formula is C22H33N3. The van der Waals surface area contributed by atoms with E-state index in [1.165, 1.54) is 16.7 Å². The summed E-state index contributed by atoms with van der Waals surface area (Å²) in [6.45, 7) is 16.3. The van der Waals surface area contributed by atoms with E-state index < -0.39 is 0 Å². The van der Waals surface area contributed by atoms with Crippen LogP contribution in [0.1, 0.15) is 35.6 Å². The standard InChI is InChI=1S/C18H25N3.2C2H4/c1-13-9-10-16-17(11-13)14(2)7-5-6-8-15(12-21(3)4)18(16)20-19;2*1-2/h5-12,14,18,20H,19H2,1-4H3;2*1-2H2/b7-5-,8-6-,15-12-;;. The second-order valence-electron chi connectivity index (χ2n) is 5.86. The van der Waals surface area contributed by atoms with E-state index in [0.717, 1.165) is 5.57 Å². The third kappa shape index (κ3) is 6.57. The highest BCUT2D eigenvalue weighted by atomic mass is 15.2. The number of benzene rings is 1. The first-order chi connectivity index (χ1) is 12.0. The highest BCUT2D eigenvalue weighted by molar-refractivity contribution is 5.45. The number of hydrogen-bond donors (Lipinski definition) is 2. The van der Waals surface area contributed by atoms with Crippen molar-refractivity contribution in [1.82, 2.24) is 10.3 Å². The van der Waals surface area contributed by atoms with Crippen LogP contribution in [0.25, 0.3) is 0 Å². The molecule has 1 aliphatic rings. The van der Waals surface area contributed by atoms with Crippen molar-refractivity contribution in [1.29, 1.82) is 0 Å². The molecule has 2 atom stereocenters. The van der Waals surface area contributed by atoms with Gasteiger partial charge in [-0.3, -0.25) is 5.84 Å². The molecule has 0 aliphatic heterocycles. The van der Waals surface area contributed by atoms with Crippen LogP contribution < -0.4 is 11.3 Å². The molecule has 0 fully saturated rings. The van der Waals surface area contributed by atoms with E-state index in [-0.39, 0.29) is 6.04 Å². The molecule has 0 bridgehead atoms. The van der Waals surface area contributed by atoms with Gasteiger partial charge in [0.05, 0.1) is 6.04 Å². The molecule has 2 rings (SSSR count). The third-order valence-electron chi connectivity index (χ3n) is 3.75. The van der Waals surface area contributed by atoms with E-state index in [0.29, 0.717) is 5.92 Å². The fraction of sp³-hybridized carbons (Fsp3) is 0.273. The third-order valence-corrected chi connectivity index (χ3v) is 3.75. The van der Waals surface area contributed by atoms with Gasteiger partial charge in [-0.25, -0.2) is 5.43 Å². The second-order valence-corrected chi connectivity index (χ2v) is 5.86. The second kappa shape index (κ2) is 12.1. The lowest BCUT2D eigenvalue weighted by atomic mass is 9.88. The van der Waals surface area contributed by atoms with Gasteiger partial charge in [-0.2, -0.15) is 0 Å². The van der Waals surface area contributed by atoms with E-state index in [1.807, 2.05) is 19.0 Å². The van der Waals surface area contributed by atoms with Crippen molar-refractivity contribution in [2.75, 3.05) is 14.1 Å². The maximum Gasteiger partial charge on any atom is 0.0726 e. The van der Waals surface area contributed by atoms with Crippen LogP contribution in [0.5, 0.6) is 0 Å². The van der Waals surface area contributed by atoms with E-state index in [1.54, 1.807) is 0 Å². The van der Waals surface area contributed by atoms with E-state index >= 15 is 0 Å². The zero-order valence-corrected chi connectivity index (χ0v) is 16.1. The minimum absolute atomic E-state index is 0.0124. The van der Waals surface area contributed by atoms with Crippen molar-refractivity contribution in [3.8, 4) is 0 Å². The number of nitrogens with two attached hydrogens (primary N) is 1. The van der Waals surface area contributed by atoms with E-state index in [2.05, 4.69) is 94.3 Å². The van der Waals surface area contributed by atoms with Crippen LogP contribution in [0, 0.1) is 6.92 Å². The summed E-state index contributed by atoms with van der Waals surface area (Å²) in [6.07, 6.45) is 10.6. The molecule has 3 nitrogen and oxygen atoms in total. The summed E-state index contributed by atoms with van der Waals surface area (Å²) in [6, 6.07) is 6.57. The molecule has 0 aromatic heterocycles. The average Bonchev–Trinajstić information content (AvgIpc) is 2.67. The summed E-state index contributed by atoms with van der Waals surface area (Å²) >= 11 is 0. The number of allylic oxidation sites excluding steroid dienone is 3. The summed E-state index contributed by atoms with van der Waals surface area (Å²) in [5.74, 6) is 6.24. The first kappa shape index (κ1) is 22.6. The number of aryl methyl sites for hydroxylation is 1. The quantitative estimate of drug-likeness (QED) is 0.463. The molecule has 3 N–H and O–H groups in total. The number of hydrazine groups is 1. The lowest BCUT2D eigenvalue weighted by Crippen LogP contribution is -2.30. The van der Waals surface area contributed by atoms with Gasteiger partial charge < -0.3 is 4.90 Å². The number of hydrogen-bond acceptors (Lipinski definition) is 3. The van der Waals surface area contributed by atoms with E-state index in [9.17, 15) is 0 Å². The van der Waals surface area contributed by atoms with Gasteiger partial charge in [-0.15, -0.1) is 26.3 Å². The molecule has 136 valence electrons. The van der Waals surface area contributed by atoms with Gasteiger partial charge in [0.2, 0.25) is 0 Å². The number of rotatable bonds is 2. The SMILES string of the molecule is C=C.C=C.Cc1ccc2c(c1)C(C)\C=C/C=C\C(=C\N(C)C)C2NN. The van der Waals surface area contributed by atoms with Crippen LogP contribution in [0.2, 0.25) is 0 Å². The van der Waals surface area contributed by atoms with Gasteiger partial charge in [-0.1, -0.05) is 55.0 Å². The summed E-state index contributed by atoms with van der Waals surface area (Å²) in [7, 11) is 4.05. The highest BCUT2D eigenvalue weighted by Crippen LogP contribution is 2.32. The minimum Gasteiger partial charge on any atom is -0.383 e. The summed E-state index contributed by atoms with van der Waals surface area (Å²) < 4.78 is 0. The maximum absolute atomic E-state index is 5.88. The van der Waals surface area contributed by atoms with Crippen molar-refractivity contribution in [3.05, 3.63) is 97.3 Å². The molecule has 0 radical (unpaired) electrons. The molecule has 1 aromatic carbocycles. The maximum atomic E-state index is 5.88. The normalized spacial score (nSPS) is 22.5. The zero-order chi connectivity index (χ0) is 19.4. The Kier molecular flexibility index (Phi) is 10.9. The van der Waals surface area contributed by atoms with Crippen molar-refractivity contribution >= 4 is 0 Å². The largest absolute Gasteiger partial charge is 0.383 e. The Morgan fingerprint density at radius 1 is 1.08 bits per heavy atom. The molecule has 0 amide bonds. The first-order valence-electron chi connectivity index (χ1n) is 8.32. The predicted octanol–water partition coefficient (Wildman–Crippen LogP) is 4.78. The molecule has 1 aliphatic carbocycles. The molecule has 0 spiro atoms. The summed E-state index contributed by atoms with van der Waals surface area (Å²) in [5.41, 5.74) is 7.95. The van der Waals surface area contributed by atoms with Gasteiger partial charge in [0.1, 0.15) is 0 Å². The van der Waals surface area contributed by atoms with Gasteiger partial charge in [0.25, 0.3) is 0 Å². The molecule has 0 heterocycles. The molecule has 0 saturated heterocycles. The van der Waals surface area contributed by atoms with Crippen molar-refractivity contribution < 1.29 is 0 Å². The number of fused-ring (bicyclic) bond motifs is 1. The molecule has 0 saturated carbocycles. The molecule has 2 unspecified atom stereocenters. The Hall–Kier alpha value is -2.36. The fourth-order valence-corrected chi connectivity index (χ4v) is 2.73. The van der Waals surface area contributed by atoms with Gasteiger partial charge >= 0.3 is 0 Å². The Bertz CT molecular complexity index is 610. The Morgan fingerprint density at radius 2 is 1.72 bits per heavy atom. The first-order valence-corrected chi connectivity index (χ1v) is 8.32. The topological polar surface area (TPSA) is 41.3 Å². The monoisotopic (exact) mass is 339 g/mol. The molecule has 25 heavy (non-hydrogen) atoms. The van der Waals surface area contributed by atoms with Gasteiger partial charge in [0, 0.05) is 20.3 Å². The highest BCUT2D eigenvalue weighted by Gasteiger charge is 2.20. The lowest BCUT2D eigenvalue weighted by molar-refractivity contribution is 0.540. The van der Waals surface area contributed by atoms with Crippen molar-refractivity contribution in [3.63, 3.8) is 0 Å². The fourth-order valence-electron chi connectivity index (χ4n) is 2.73. The van der Waals surface area contributed by atoms with Gasteiger partial charge in [-0.05, 0) is 29.5 Å². The van der Waals surface area contributed by atoms with E-state index in [4.69, 9.17) is 5.84 Å². The van der Waals surface area contributed by atoms with Gasteiger partial charge in [0.15, 0.2) is 0 Å². The molecular weight excluding hydrogens is 306 g/mol. The van der Waals surface area contributed by atoms with Crippen LogP contribution in [0.15, 0.2) is 80.6 Å². The minimum atomic E-state index is -0.0124. The van der Waals surface area contributed by atoms with Crippen LogP contribution >= 0.6 is 0 Å². The van der Waals surface area contributed by atoms with Crippen LogP contribution in [0.3, 0.4) is 0 Å². The van der Waals surface area contributed by atoms with Crippen LogP contribution in [0.4, 0.5) is 0 Å². The number of nitrogens with one attached hydrogen (secondary N) is 1. The predicted molar refractivity (Wildman–Crippen MR) is 112 cm³/mol. The Morgan fingerprint density at radius 3 is 2.28 bits per heavy atom. The molecule has 1 aromatic rings. The number of nitrogens with zero attached hydrogens (tertiary/aromatic N) is 1. The summed E-state index contributed by atoms with van der Waals surface area (Å²) in [4.78, 5) is 2.04. The van der Waals surface area contributed by atoms with Crippen LogP contribution in [-0.4, -0.2) is 19.0 Å². The smallest absolute Gasteiger partial charge is 0.0726 e.